The molecular formula is C13H23NO4. The van der Waals surface area contributed by atoms with Gasteiger partial charge in [-0.3, -0.25) is 4.79 Å². The zero-order valence-electron chi connectivity index (χ0n) is 11.4. The number of carbonyl (C=O) groups is 2. The molecule has 0 heterocycles. The van der Waals surface area contributed by atoms with Gasteiger partial charge in [0.2, 0.25) is 5.91 Å². The van der Waals surface area contributed by atoms with Gasteiger partial charge in [0.05, 0.1) is 6.10 Å². The molecule has 5 nitrogen and oxygen atoms in total. The van der Waals surface area contributed by atoms with E-state index in [1.54, 1.807) is 7.11 Å². The summed E-state index contributed by atoms with van der Waals surface area (Å²) in [5.41, 5.74) is -1.03. The maximum atomic E-state index is 11.7. The first-order chi connectivity index (χ1) is 8.47. The zero-order valence-corrected chi connectivity index (χ0v) is 11.4. The molecule has 0 radical (unpaired) electrons. The van der Waals surface area contributed by atoms with Gasteiger partial charge in [0.15, 0.2) is 0 Å². The lowest BCUT2D eigenvalue weighted by Gasteiger charge is -2.44. The number of aliphatic carboxylic acids is 1. The van der Waals surface area contributed by atoms with E-state index in [1.165, 1.54) is 11.8 Å². The Kier molecular flexibility index (Phi) is 5.14. The summed E-state index contributed by atoms with van der Waals surface area (Å²) in [6, 6.07) is 0. The van der Waals surface area contributed by atoms with Crippen LogP contribution in [0.15, 0.2) is 0 Å². The van der Waals surface area contributed by atoms with E-state index in [1.807, 2.05) is 6.92 Å². The molecule has 1 fully saturated rings. The molecule has 0 saturated heterocycles. The number of carboxylic acid groups (broad SMARTS) is 1. The Balaban J connectivity index is 2.93. The largest absolute Gasteiger partial charge is 0.479 e. The fraction of sp³-hybridized carbons (Fsp3) is 0.846. The third-order valence-electron chi connectivity index (χ3n) is 3.84. The Labute approximate surface area is 108 Å². The van der Waals surface area contributed by atoms with Crippen LogP contribution in [0.2, 0.25) is 0 Å². The molecular weight excluding hydrogens is 234 g/mol. The SMILES string of the molecule is CCCN(C(C)=O)C1(C(=O)O)CCC(OC)CC1. The van der Waals surface area contributed by atoms with Crippen LogP contribution in [0.3, 0.4) is 0 Å². The van der Waals surface area contributed by atoms with Crippen molar-refractivity contribution >= 4 is 11.9 Å². The van der Waals surface area contributed by atoms with E-state index in [0.717, 1.165) is 6.42 Å². The van der Waals surface area contributed by atoms with Gasteiger partial charge in [-0.05, 0) is 32.1 Å². The lowest BCUT2D eigenvalue weighted by molar-refractivity contribution is -0.163. The van der Waals surface area contributed by atoms with Gasteiger partial charge < -0.3 is 14.7 Å². The van der Waals surface area contributed by atoms with Crippen LogP contribution in [0.5, 0.6) is 0 Å². The molecule has 5 heteroatoms. The lowest BCUT2D eigenvalue weighted by atomic mass is 9.78. The van der Waals surface area contributed by atoms with Crippen LogP contribution in [0.25, 0.3) is 0 Å². The predicted octanol–water partition coefficient (Wildman–Crippen LogP) is 1.66. The third kappa shape index (κ3) is 2.83. The summed E-state index contributed by atoms with van der Waals surface area (Å²) in [7, 11) is 1.65. The van der Waals surface area contributed by atoms with E-state index in [-0.39, 0.29) is 12.0 Å². The quantitative estimate of drug-likeness (QED) is 0.813. The van der Waals surface area contributed by atoms with Crippen LogP contribution in [0, 0.1) is 0 Å². The average molecular weight is 257 g/mol. The summed E-state index contributed by atoms with van der Waals surface area (Å²) < 4.78 is 5.27. The van der Waals surface area contributed by atoms with Crippen molar-refractivity contribution in [2.45, 2.75) is 57.6 Å². The summed E-state index contributed by atoms with van der Waals surface area (Å²) in [5, 5.41) is 9.56. The Morgan fingerprint density at radius 3 is 2.28 bits per heavy atom. The van der Waals surface area contributed by atoms with Crippen LogP contribution in [0.1, 0.15) is 46.0 Å². The van der Waals surface area contributed by atoms with Gasteiger partial charge in [-0.25, -0.2) is 4.79 Å². The first-order valence-electron chi connectivity index (χ1n) is 6.52. The van der Waals surface area contributed by atoms with Crippen LogP contribution in [-0.2, 0) is 14.3 Å². The predicted molar refractivity (Wildman–Crippen MR) is 67.3 cm³/mol. The molecule has 1 rings (SSSR count). The zero-order chi connectivity index (χ0) is 13.8. The molecule has 1 saturated carbocycles. The number of rotatable bonds is 5. The topological polar surface area (TPSA) is 66.8 Å². The van der Waals surface area contributed by atoms with Gasteiger partial charge in [-0.2, -0.15) is 0 Å². The molecule has 1 aliphatic rings. The fourth-order valence-corrected chi connectivity index (χ4v) is 2.80. The highest BCUT2D eigenvalue weighted by Crippen LogP contribution is 2.35. The summed E-state index contributed by atoms with van der Waals surface area (Å²) in [6.07, 6.45) is 3.21. The van der Waals surface area contributed by atoms with E-state index in [9.17, 15) is 14.7 Å². The van der Waals surface area contributed by atoms with Gasteiger partial charge in [0.25, 0.3) is 0 Å². The minimum Gasteiger partial charge on any atom is -0.479 e. The van der Waals surface area contributed by atoms with Crippen molar-refractivity contribution in [2.24, 2.45) is 0 Å². The summed E-state index contributed by atoms with van der Waals surface area (Å²) in [6.45, 7) is 3.90. The molecule has 0 aromatic heterocycles. The number of hydrogen-bond donors (Lipinski definition) is 1. The van der Waals surface area contributed by atoms with Crippen LogP contribution < -0.4 is 0 Å². The molecule has 0 unspecified atom stereocenters. The highest BCUT2D eigenvalue weighted by atomic mass is 16.5. The number of carbonyl (C=O) groups excluding carboxylic acids is 1. The maximum Gasteiger partial charge on any atom is 0.329 e. The molecule has 18 heavy (non-hydrogen) atoms. The van der Waals surface area contributed by atoms with Crippen molar-refractivity contribution in [1.82, 2.24) is 4.90 Å². The van der Waals surface area contributed by atoms with Crippen LogP contribution in [0.4, 0.5) is 0 Å². The summed E-state index contributed by atoms with van der Waals surface area (Å²) in [4.78, 5) is 24.9. The van der Waals surface area contributed by atoms with Crippen molar-refractivity contribution in [1.29, 1.82) is 0 Å². The van der Waals surface area contributed by atoms with Gasteiger partial charge in [0.1, 0.15) is 5.54 Å². The van der Waals surface area contributed by atoms with Crippen molar-refractivity contribution in [3.05, 3.63) is 0 Å². The van der Waals surface area contributed by atoms with Crippen molar-refractivity contribution < 1.29 is 19.4 Å². The van der Waals surface area contributed by atoms with E-state index in [0.29, 0.717) is 32.2 Å². The number of methoxy groups -OCH3 is 1. The Morgan fingerprint density at radius 2 is 1.94 bits per heavy atom. The third-order valence-corrected chi connectivity index (χ3v) is 3.84. The van der Waals surface area contributed by atoms with Crippen LogP contribution >= 0.6 is 0 Å². The Morgan fingerprint density at radius 1 is 1.39 bits per heavy atom. The number of amides is 1. The van der Waals surface area contributed by atoms with E-state index < -0.39 is 11.5 Å². The van der Waals surface area contributed by atoms with E-state index >= 15 is 0 Å². The second-order valence-corrected chi connectivity index (χ2v) is 4.94. The summed E-state index contributed by atoms with van der Waals surface area (Å²) in [5.74, 6) is -1.05. The highest BCUT2D eigenvalue weighted by Gasteiger charge is 2.47. The molecule has 0 aromatic rings. The van der Waals surface area contributed by atoms with Crippen molar-refractivity contribution in [3.63, 3.8) is 0 Å². The highest BCUT2D eigenvalue weighted by molar-refractivity contribution is 5.86. The Hall–Kier alpha value is -1.10. The lowest BCUT2D eigenvalue weighted by Crippen LogP contribution is -2.59. The van der Waals surface area contributed by atoms with E-state index in [2.05, 4.69) is 0 Å². The van der Waals surface area contributed by atoms with Gasteiger partial charge in [0, 0.05) is 20.6 Å². The first kappa shape index (κ1) is 15.0. The average Bonchev–Trinajstić information content (AvgIpc) is 2.35. The maximum absolute atomic E-state index is 11.7. The molecule has 0 spiro atoms. The molecule has 1 aliphatic carbocycles. The Bertz CT molecular complexity index is 308. The number of hydrogen-bond acceptors (Lipinski definition) is 3. The molecule has 1 N–H and O–H groups in total. The molecule has 104 valence electrons. The van der Waals surface area contributed by atoms with Crippen LogP contribution in [-0.4, -0.2) is 47.2 Å². The monoisotopic (exact) mass is 257 g/mol. The minimum absolute atomic E-state index is 0.118. The molecule has 0 bridgehead atoms. The second kappa shape index (κ2) is 6.18. The smallest absolute Gasteiger partial charge is 0.329 e. The molecule has 0 aliphatic heterocycles. The van der Waals surface area contributed by atoms with Gasteiger partial charge >= 0.3 is 5.97 Å². The number of carboxylic acids is 1. The van der Waals surface area contributed by atoms with Crippen molar-refractivity contribution in [3.8, 4) is 0 Å². The second-order valence-electron chi connectivity index (χ2n) is 4.94. The van der Waals surface area contributed by atoms with Gasteiger partial charge in [-0.1, -0.05) is 6.92 Å². The van der Waals surface area contributed by atoms with Crippen molar-refractivity contribution in [2.75, 3.05) is 13.7 Å². The standard InChI is InChI=1S/C13H23NO4/c1-4-9-14(10(2)15)13(12(16)17)7-5-11(18-3)6-8-13/h11H,4-9H2,1-3H3,(H,16,17). The molecule has 1 amide bonds. The first-order valence-corrected chi connectivity index (χ1v) is 6.52. The number of ether oxygens (including phenoxy) is 1. The van der Waals surface area contributed by atoms with E-state index in [4.69, 9.17) is 4.74 Å². The molecule has 0 aromatic carbocycles. The van der Waals surface area contributed by atoms with Gasteiger partial charge in [-0.15, -0.1) is 0 Å². The summed E-state index contributed by atoms with van der Waals surface area (Å²) >= 11 is 0. The normalized spacial score (nSPS) is 27.8. The minimum atomic E-state index is -1.03. The number of nitrogens with zero attached hydrogens (tertiary/aromatic N) is 1. The fourth-order valence-electron chi connectivity index (χ4n) is 2.80. The molecule has 0 atom stereocenters.